The molecule has 0 amide bonds. The van der Waals surface area contributed by atoms with Crippen molar-refractivity contribution in [2.24, 2.45) is 0 Å². The molecule has 0 aliphatic heterocycles. The highest BCUT2D eigenvalue weighted by Gasteiger charge is 2.23. The number of furan rings is 1. The van der Waals surface area contributed by atoms with Crippen LogP contribution in [-0.4, -0.2) is 19.8 Å². The van der Waals surface area contributed by atoms with E-state index in [1.807, 2.05) is 0 Å². The summed E-state index contributed by atoms with van der Waals surface area (Å²) in [7, 11) is -1.98. The van der Waals surface area contributed by atoms with Crippen molar-refractivity contribution in [1.29, 1.82) is 0 Å². The molecular formula is C10H10ClNO3S2. The van der Waals surface area contributed by atoms with Gasteiger partial charge in [0.25, 0.3) is 10.0 Å². The Morgan fingerprint density at radius 2 is 2.18 bits per heavy atom. The summed E-state index contributed by atoms with van der Waals surface area (Å²) in [5, 5.41) is 0. The molecule has 0 aromatic carbocycles. The maximum absolute atomic E-state index is 12.1. The average Bonchev–Trinajstić information content (AvgIpc) is 2.89. The standard InChI is InChI=1S/C10H10ClNO3S2/c1-12(7-8-3-2-6-15-8)17(13,14)10-5-4-9(11)16-10/h2-6H,7H2,1H3. The van der Waals surface area contributed by atoms with Crippen molar-refractivity contribution >= 4 is 33.0 Å². The number of sulfonamides is 1. The zero-order valence-corrected chi connectivity index (χ0v) is 11.3. The lowest BCUT2D eigenvalue weighted by Crippen LogP contribution is -2.25. The fraction of sp³-hybridized carbons (Fsp3) is 0.200. The zero-order valence-electron chi connectivity index (χ0n) is 8.96. The highest BCUT2D eigenvalue weighted by molar-refractivity contribution is 7.91. The minimum absolute atomic E-state index is 0.199. The van der Waals surface area contributed by atoms with Gasteiger partial charge in [-0.1, -0.05) is 11.6 Å². The number of rotatable bonds is 4. The third-order valence-electron chi connectivity index (χ3n) is 2.17. The van der Waals surface area contributed by atoms with Crippen LogP contribution < -0.4 is 0 Å². The Balaban J connectivity index is 2.21. The Bertz CT molecular complexity index is 589. The first-order chi connectivity index (χ1) is 8.00. The van der Waals surface area contributed by atoms with E-state index in [1.54, 1.807) is 18.2 Å². The molecule has 2 rings (SSSR count). The van der Waals surface area contributed by atoms with E-state index in [0.717, 1.165) is 11.3 Å². The molecule has 0 radical (unpaired) electrons. The van der Waals surface area contributed by atoms with Crippen LogP contribution in [0.15, 0.2) is 39.2 Å². The molecule has 0 spiro atoms. The summed E-state index contributed by atoms with van der Waals surface area (Å²) >= 11 is 6.77. The number of hydrogen-bond acceptors (Lipinski definition) is 4. The van der Waals surface area contributed by atoms with E-state index < -0.39 is 10.0 Å². The van der Waals surface area contributed by atoms with E-state index in [4.69, 9.17) is 16.0 Å². The second kappa shape index (κ2) is 4.81. The molecule has 2 aromatic heterocycles. The van der Waals surface area contributed by atoms with Gasteiger partial charge >= 0.3 is 0 Å². The van der Waals surface area contributed by atoms with E-state index >= 15 is 0 Å². The predicted molar refractivity (Wildman–Crippen MR) is 66.7 cm³/mol. The molecule has 0 aliphatic carbocycles. The summed E-state index contributed by atoms with van der Waals surface area (Å²) in [6.45, 7) is 0.199. The highest BCUT2D eigenvalue weighted by Crippen LogP contribution is 2.28. The highest BCUT2D eigenvalue weighted by atomic mass is 35.5. The lowest BCUT2D eigenvalue weighted by atomic mass is 10.4. The van der Waals surface area contributed by atoms with Crippen LogP contribution in [0.5, 0.6) is 0 Å². The van der Waals surface area contributed by atoms with E-state index in [-0.39, 0.29) is 10.8 Å². The monoisotopic (exact) mass is 291 g/mol. The van der Waals surface area contributed by atoms with Crippen molar-refractivity contribution in [2.45, 2.75) is 10.8 Å². The third-order valence-corrected chi connectivity index (χ3v) is 5.67. The number of nitrogens with zero attached hydrogens (tertiary/aromatic N) is 1. The fourth-order valence-corrected chi connectivity index (χ4v) is 4.13. The molecule has 0 fully saturated rings. The van der Waals surface area contributed by atoms with Gasteiger partial charge in [-0.3, -0.25) is 0 Å². The Morgan fingerprint density at radius 1 is 1.41 bits per heavy atom. The quantitative estimate of drug-likeness (QED) is 0.870. The van der Waals surface area contributed by atoms with Gasteiger partial charge in [-0.05, 0) is 24.3 Å². The van der Waals surface area contributed by atoms with Crippen LogP contribution in [0.25, 0.3) is 0 Å². The lowest BCUT2D eigenvalue weighted by molar-refractivity contribution is 0.407. The van der Waals surface area contributed by atoms with Crippen LogP contribution in [0.4, 0.5) is 0 Å². The number of hydrogen-bond donors (Lipinski definition) is 0. The summed E-state index contributed by atoms with van der Waals surface area (Å²) in [6, 6.07) is 6.52. The maximum Gasteiger partial charge on any atom is 0.252 e. The Morgan fingerprint density at radius 3 is 2.71 bits per heavy atom. The molecule has 0 unspecified atom stereocenters. The van der Waals surface area contributed by atoms with Crippen LogP contribution in [0.1, 0.15) is 5.76 Å². The van der Waals surface area contributed by atoms with Gasteiger partial charge in [0, 0.05) is 7.05 Å². The molecular weight excluding hydrogens is 282 g/mol. The molecule has 4 nitrogen and oxygen atoms in total. The molecule has 0 saturated heterocycles. The minimum Gasteiger partial charge on any atom is -0.468 e. The third kappa shape index (κ3) is 2.71. The van der Waals surface area contributed by atoms with Gasteiger partial charge in [0.2, 0.25) is 0 Å². The van der Waals surface area contributed by atoms with Crippen molar-refractivity contribution in [2.75, 3.05) is 7.05 Å². The van der Waals surface area contributed by atoms with Crippen molar-refractivity contribution < 1.29 is 12.8 Å². The van der Waals surface area contributed by atoms with Gasteiger partial charge < -0.3 is 4.42 Å². The zero-order chi connectivity index (χ0) is 12.5. The van der Waals surface area contributed by atoms with Gasteiger partial charge in [-0.2, -0.15) is 4.31 Å². The first kappa shape index (κ1) is 12.6. The largest absolute Gasteiger partial charge is 0.468 e. The first-order valence-corrected chi connectivity index (χ1v) is 7.37. The van der Waals surface area contributed by atoms with Crippen LogP contribution in [0.3, 0.4) is 0 Å². The van der Waals surface area contributed by atoms with Crippen molar-refractivity contribution in [3.8, 4) is 0 Å². The molecule has 0 aliphatic rings. The smallest absolute Gasteiger partial charge is 0.252 e. The molecule has 92 valence electrons. The van der Waals surface area contributed by atoms with Gasteiger partial charge in [0.1, 0.15) is 9.97 Å². The normalized spacial score (nSPS) is 12.2. The van der Waals surface area contributed by atoms with E-state index in [0.29, 0.717) is 10.1 Å². The molecule has 0 atom stereocenters. The van der Waals surface area contributed by atoms with Crippen LogP contribution in [0, 0.1) is 0 Å². The summed E-state index contributed by atoms with van der Waals surface area (Å²) in [5.41, 5.74) is 0. The van der Waals surface area contributed by atoms with Crippen molar-refractivity contribution in [1.82, 2.24) is 4.31 Å². The van der Waals surface area contributed by atoms with E-state index in [1.165, 1.54) is 23.7 Å². The number of thiophene rings is 1. The van der Waals surface area contributed by atoms with Crippen molar-refractivity contribution in [3.05, 3.63) is 40.6 Å². The SMILES string of the molecule is CN(Cc1ccco1)S(=O)(=O)c1ccc(Cl)s1. The van der Waals surface area contributed by atoms with Gasteiger partial charge in [-0.15, -0.1) is 11.3 Å². The summed E-state index contributed by atoms with van der Waals surface area (Å²) in [5.74, 6) is 0.596. The minimum atomic E-state index is -3.49. The van der Waals surface area contributed by atoms with Gasteiger partial charge in [-0.25, -0.2) is 8.42 Å². The average molecular weight is 292 g/mol. The Hall–Kier alpha value is -0.820. The molecule has 0 N–H and O–H groups in total. The fourth-order valence-electron chi connectivity index (χ4n) is 1.30. The summed E-state index contributed by atoms with van der Waals surface area (Å²) in [4.78, 5) is 0. The van der Waals surface area contributed by atoms with E-state index in [2.05, 4.69) is 0 Å². The first-order valence-electron chi connectivity index (χ1n) is 4.74. The summed E-state index contributed by atoms with van der Waals surface area (Å²) in [6.07, 6.45) is 1.51. The van der Waals surface area contributed by atoms with Crippen molar-refractivity contribution in [3.63, 3.8) is 0 Å². The van der Waals surface area contributed by atoms with Gasteiger partial charge in [0.05, 0.1) is 17.1 Å². The second-order valence-corrected chi connectivity index (χ2v) is 7.39. The number of halogens is 1. The molecule has 0 bridgehead atoms. The molecule has 0 saturated carbocycles. The van der Waals surface area contributed by atoms with E-state index in [9.17, 15) is 8.42 Å². The molecule has 2 aromatic rings. The van der Waals surface area contributed by atoms with Gasteiger partial charge in [0.15, 0.2) is 0 Å². The molecule has 7 heteroatoms. The topological polar surface area (TPSA) is 50.5 Å². The lowest BCUT2D eigenvalue weighted by Gasteiger charge is -2.14. The molecule has 17 heavy (non-hydrogen) atoms. The van der Waals surface area contributed by atoms with Crippen LogP contribution >= 0.6 is 22.9 Å². The Labute approximate surface area is 108 Å². The second-order valence-electron chi connectivity index (χ2n) is 3.40. The van der Waals surface area contributed by atoms with Crippen LogP contribution in [-0.2, 0) is 16.6 Å². The predicted octanol–water partition coefficient (Wildman–Crippen LogP) is 2.82. The van der Waals surface area contributed by atoms with Crippen LogP contribution in [0.2, 0.25) is 4.34 Å². The summed E-state index contributed by atoms with van der Waals surface area (Å²) < 4.78 is 31.2. The Kier molecular flexibility index (Phi) is 3.58. The molecule has 2 heterocycles. The maximum atomic E-state index is 12.1.